The van der Waals surface area contributed by atoms with Crippen LogP contribution in [0.25, 0.3) is 0 Å². The molecule has 1 aliphatic rings. The van der Waals surface area contributed by atoms with Crippen LogP contribution in [0.1, 0.15) is 19.8 Å². The van der Waals surface area contributed by atoms with Crippen LogP contribution in [0.2, 0.25) is 0 Å². The van der Waals surface area contributed by atoms with Crippen molar-refractivity contribution in [3.05, 3.63) is 11.1 Å². The topological polar surface area (TPSA) is 23.5 Å². The maximum atomic E-state index is 9.66. The lowest BCUT2D eigenvalue weighted by atomic mass is 9.92. The van der Waals surface area contributed by atoms with E-state index in [1.807, 2.05) is 0 Å². The van der Waals surface area contributed by atoms with Gasteiger partial charge in [-0.1, -0.05) is 29.4 Å². The minimum absolute atomic E-state index is 0.0927. The molecule has 0 spiro atoms. The zero-order valence-corrected chi connectivity index (χ0v) is 9.76. The third-order valence-corrected chi connectivity index (χ3v) is 2.95. The predicted octanol–water partition coefficient (Wildman–Crippen LogP) is 1.99. The van der Waals surface area contributed by atoms with Crippen molar-refractivity contribution in [3.8, 4) is 0 Å². The minimum Gasteiger partial charge on any atom is -0.393 e. The first-order valence-electron chi connectivity index (χ1n) is 4.87. The van der Waals surface area contributed by atoms with Crippen LogP contribution in [0.3, 0.4) is 0 Å². The zero-order chi connectivity index (χ0) is 9.84. The molecule has 76 valence electrons. The van der Waals surface area contributed by atoms with Crippen LogP contribution in [0.4, 0.5) is 0 Å². The van der Waals surface area contributed by atoms with Crippen molar-refractivity contribution in [2.45, 2.75) is 25.9 Å². The predicted molar refractivity (Wildman–Crippen MR) is 58.9 cm³/mol. The molecule has 3 heteroatoms. The van der Waals surface area contributed by atoms with Crippen molar-refractivity contribution in [2.24, 2.45) is 5.92 Å². The van der Waals surface area contributed by atoms with E-state index in [0.717, 1.165) is 37.0 Å². The van der Waals surface area contributed by atoms with Crippen LogP contribution in [-0.4, -0.2) is 35.7 Å². The fourth-order valence-electron chi connectivity index (χ4n) is 1.88. The molecule has 1 N–H and O–H groups in total. The second-order valence-corrected chi connectivity index (χ2v) is 4.90. The fraction of sp³-hybridized carbons (Fsp3) is 0.800. The van der Waals surface area contributed by atoms with Crippen molar-refractivity contribution in [3.63, 3.8) is 0 Å². The summed E-state index contributed by atoms with van der Waals surface area (Å²) in [5.74, 6) is 0.445. The molecule has 0 bridgehead atoms. The van der Waals surface area contributed by atoms with Gasteiger partial charge in [0.1, 0.15) is 0 Å². The summed E-state index contributed by atoms with van der Waals surface area (Å²) in [6.07, 6.45) is 1.87. The van der Waals surface area contributed by atoms with Gasteiger partial charge in [0.15, 0.2) is 0 Å². The molecule has 1 heterocycles. The quantitative estimate of drug-likeness (QED) is 0.825. The van der Waals surface area contributed by atoms with Gasteiger partial charge >= 0.3 is 0 Å². The van der Waals surface area contributed by atoms with Crippen molar-refractivity contribution in [1.82, 2.24) is 4.90 Å². The van der Waals surface area contributed by atoms with Gasteiger partial charge in [0.25, 0.3) is 0 Å². The zero-order valence-electron chi connectivity index (χ0n) is 8.17. The SMILES string of the molecule is C=C(Br)CN1CCC(O)C(CC)C1. The van der Waals surface area contributed by atoms with Gasteiger partial charge < -0.3 is 5.11 Å². The largest absolute Gasteiger partial charge is 0.393 e. The van der Waals surface area contributed by atoms with E-state index in [1.54, 1.807) is 0 Å². The molecule has 1 aliphatic heterocycles. The summed E-state index contributed by atoms with van der Waals surface area (Å²) in [6, 6.07) is 0. The number of rotatable bonds is 3. The molecular weight excluding hydrogens is 230 g/mol. The first-order valence-corrected chi connectivity index (χ1v) is 5.66. The van der Waals surface area contributed by atoms with Gasteiger partial charge in [-0.25, -0.2) is 0 Å². The first kappa shape index (κ1) is 11.2. The Hall–Kier alpha value is 0.140. The van der Waals surface area contributed by atoms with E-state index in [0.29, 0.717) is 5.92 Å². The lowest BCUT2D eigenvalue weighted by molar-refractivity contribution is 0.0293. The molecule has 2 unspecified atom stereocenters. The summed E-state index contributed by atoms with van der Waals surface area (Å²) >= 11 is 3.37. The highest BCUT2D eigenvalue weighted by Gasteiger charge is 2.25. The van der Waals surface area contributed by atoms with Gasteiger partial charge in [-0.3, -0.25) is 4.90 Å². The number of hydrogen-bond acceptors (Lipinski definition) is 2. The Morgan fingerprint density at radius 2 is 2.38 bits per heavy atom. The summed E-state index contributed by atoms with van der Waals surface area (Å²) in [5, 5.41) is 9.66. The normalized spacial score (nSPS) is 30.4. The van der Waals surface area contributed by atoms with Crippen LogP contribution < -0.4 is 0 Å². The molecule has 0 aromatic heterocycles. The smallest absolute Gasteiger partial charge is 0.0592 e. The first-order chi connectivity index (χ1) is 6.13. The number of likely N-dealkylation sites (tertiary alicyclic amines) is 1. The van der Waals surface area contributed by atoms with Gasteiger partial charge in [-0.2, -0.15) is 0 Å². The molecule has 0 aliphatic carbocycles. The molecular formula is C10H18BrNO. The van der Waals surface area contributed by atoms with Crippen LogP contribution >= 0.6 is 15.9 Å². The molecule has 0 radical (unpaired) electrons. The highest BCUT2D eigenvalue weighted by molar-refractivity contribution is 9.11. The Balaban J connectivity index is 2.40. The number of nitrogens with zero attached hydrogens (tertiary/aromatic N) is 1. The summed E-state index contributed by atoms with van der Waals surface area (Å²) in [5.41, 5.74) is 0. The van der Waals surface area contributed by atoms with E-state index >= 15 is 0 Å². The minimum atomic E-state index is -0.0927. The van der Waals surface area contributed by atoms with Crippen molar-refractivity contribution in [2.75, 3.05) is 19.6 Å². The monoisotopic (exact) mass is 247 g/mol. The molecule has 1 fully saturated rings. The van der Waals surface area contributed by atoms with Gasteiger partial charge in [0.2, 0.25) is 0 Å². The molecule has 2 atom stereocenters. The molecule has 1 rings (SSSR count). The van der Waals surface area contributed by atoms with Gasteiger partial charge in [0, 0.05) is 24.1 Å². The van der Waals surface area contributed by atoms with Gasteiger partial charge in [0.05, 0.1) is 6.10 Å². The second kappa shape index (κ2) is 5.13. The third-order valence-electron chi connectivity index (χ3n) is 2.70. The highest BCUT2D eigenvalue weighted by Crippen LogP contribution is 2.21. The third kappa shape index (κ3) is 3.41. The Morgan fingerprint density at radius 3 is 2.92 bits per heavy atom. The summed E-state index contributed by atoms with van der Waals surface area (Å²) in [6.45, 7) is 8.87. The molecule has 0 aromatic rings. The lowest BCUT2D eigenvalue weighted by Gasteiger charge is -2.35. The molecule has 13 heavy (non-hydrogen) atoms. The van der Waals surface area contributed by atoms with E-state index < -0.39 is 0 Å². The van der Waals surface area contributed by atoms with Gasteiger partial charge in [-0.05, 0) is 18.8 Å². The van der Waals surface area contributed by atoms with Crippen LogP contribution in [0.5, 0.6) is 0 Å². The van der Waals surface area contributed by atoms with E-state index in [2.05, 4.69) is 34.3 Å². The highest BCUT2D eigenvalue weighted by atomic mass is 79.9. The van der Waals surface area contributed by atoms with Gasteiger partial charge in [-0.15, -0.1) is 0 Å². The average molecular weight is 248 g/mol. The Kier molecular flexibility index (Phi) is 4.42. The number of hydrogen-bond donors (Lipinski definition) is 1. The molecule has 0 aromatic carbocycles. The number of aliphatic hydroxyl groups is 1. The number of halogens is 1. The van der Waals surface area contributed by atoms with Crippen LogP contribution in [-0.2, 0) is 0 Å². The van der Waals surface area contributed by atoms with E-state index in [-0.39, 0.29) is 6.10 Å². The summed E-state index contributed by atoms with van der Waals surface area (Å²) < 4.78 is 1.03. The van der Waals surface area contributed by atoms with E-state index in [4.69, 9.17) is 0 Å². The number of aliphatic hydroxyl groups excluding tert-OH is 1. The number of piperidine rings is 1. The maximum absolute atomic E-state index is 9.66. The maximum Gasteiger partial charge on any atom is 0.0592 e. The standard InChI is InChI=1S/C10H18BrNO/c1-3-9-7-12(6-8(2)11)5-4-10(9)13/h9-10,13H,2-7H2,1H3. The summed E-state index contributed by atoms with van der Waals surface area (Å²) in [4.78, 5) is 2.35. The molecule has 1 saturated heterocycles. The summed E-state index contributed by atoms with van der Waals surface area (Å²) in [7, 11) is 0. The fourth-order valence-corrected chi connectivity index (χ4v) is 2.24. The Morgan fingerprint density at radius 1 is 1.69 bits per heavy atom. The van der Waals surface area contributed by atoms with Crippen LogP contribution in [0, 0.1) is 5.92 Å². The van der Waals surface area contributed by atoms with Crippen molar-refractivity contribution >= 4 is 15.9 Å². The second-order valence-electron chi connectivity index (χ2n) is 3.78. The van der Waals surface area contributed by atoms with Crippen LogP contribution in [0.15, 0.2) is 11.1 Å². The Labute approximate surface area is 88.7 Å². The van der Waals surface area contributed by atoms with E-state index in [9.17, 15) is 5.11 Å². The Bertz CT molecular complexity index is 184. The van der Waals surface area contributed by atoms with E-state index in [1.165, 1.54) is 0 Å². The molecule has 0 saturated carbocycles. The average Bonchev–Trinajstić information content (AvgIpc) is 2.07. The molecule has 2 nitrogen and oxygen atoms in total. The molecule has 0 amide bonds. The lowest BCUT2D eigenvalue weighted by Crippen LogP contribution is -2.43. The van der Waals surface area contributed by atoms with Crippen molar-refractivity contribution in [1.29, 1.82) is 0 Å². The van der Waals surface area contributed by atoms with Crippen molar-refractivity contribution < 1.29 is 5.11 Å².